The minimum Gasteiger partial charge on any atom is -0.493 e. The average Bonchev–Trinajstić information content (AvgIpc) is 2.54. The third-order valence-corrected chi connectivity index (χ3v) is 4.51. The van der Waals surface area contributed by atoms with Crippen molar-refractivity contribution in [1.82, 2.24) is 0 Å². The number of hydrogen-bond donors (Lipinski definition) is 1. The number of carbonyl (C=O) groups is 1. The Morgan fingerprint density at radius 1 is 1.04 bits per heavy atom. The molecular formula is C19H21NO3. The molecule has 120 valence electrons. The second-order valence-corrected chi connectivity index (χ2v) is 5.91. The molecule has 1 aliphatic rings. The van der Waals surface area contributed by atoms with Gasteiger partial charge in [0.1, 0.15) is 0 Å². The van der Waals surface area contributed by atoms with Crippen LogP contribution in [0.25, 0.3) is 0 Å². The molecule has 0 radical (unpaired) electrons. The van der Waals surface area contributed by atoms with Crippen LogP contribution >= 0.6 is 0 Å². The smallest absolute Gasteiger partial charge is 0.225 e. The van der Waals surface area contributed by atoms with E-state index in [1.54, 1.807) is 14.2 Å². The fourth-order valence-corrected chi connectivity index (χ4v) is 3.20. The number of fused-ring (bicyclic) bond motifs is 1. The fraction of sp³-hybridized carbons (Fsp3) is 0.316. The molecule has 2 aromatic rings. The number of ether oxygens (including phenoxy) is 2. The quantitative estimate of drug-likeness (QED) is 0.938. The van der Waals surface area contributed by atoms with Gasteiger partial charge in [-0.2, -0.15) is 0 Å². The molecular weight excluding hydrogens is 290 g/mol. The molecule has 1 aliphatic heterocycles. The lowest BCUT2D eigenvalue weighted by atomic mass is 9.82. The Morgan fingerprint density at radius 3 is 2.48 bits per heavy atom. The molecule has 0 spiro atoms. The summed E-state index contributed by atoms with van der Waals surface area (Å²) < 4.78 is 11.0. The highest BCUT2D eigenvalue weighted by atomic mass is 16.5. The molecule has 4 heteroatoms. The summed E-state index contributed by atoms with van der Waals surface area (Å²) in [6, 6.07) is 10.0. The van der Waals surface area contributed by atoms with Crippen LogP contribution in [0.2, 0.25) is 0 Å². The highest BCUT2D eigenvalue weighted by Gasteiger charge is 2.30. The van der Waals surface area contributed by atoms with E-state index in [0.29, 0.717) is 17.9 Å². The van der Waals surface area contributed by atoms with Crippen molar-refractivity contribution in [2.45, 2.75) is 26.2 Å². The van der Waals surface area contributed by atoms with Crippen LogP contribution < -0.4 is 14.8 Å². The first-order chi connectivity index (χ1) is 11.0. The number of benzene rings is 2. The second kappa shape index (κ2) is 5.95. The third-order valence-electron chi connectivity index (χ3n) is 4.51. The first kappa shape index (κ1) is 15.4. The summed E-state index contributed by atoms with van der Waals surface area (Å²) in [5, 5.41) is 2.98. The molecule has 0 saturated carbocycles. The van der Waals surface area contributed by atoms with Crippen molar-refractivity contribution in [3.63, 3.8) is 0 Å². The van der Waals surface area contributed by atoms with E-state index in [0.717, 1.165) is 16.8 Å². The van der Waals surface area contributed by atoms with Gasteiger partial charge < -0.3 is 14.8 Å². The van der Waals surface area contributed by atoms with Crippen LogP contribution in [0.5, 0.6) is 11.5 Å². The molecule has 1 N–H and O–H groups in total. The summed E-state index contributed by atoms with van der Waals surface area (Å²) in [5.41, 5.74) is 5.37. The third kappa shape index (κ3) is 2.65. The number of anilines is 1. The maximum atomic E-state index is 12.2. The molecule has 23 heavy (non-hydrogen) atoms. The Balaban J connectivity index is 2.19. The van der Waals surface area contributed by atoms with Gasteiger partial charge in [-0.05, 0) is 42.7 Å². The van der Waals surface area contributed by atoms with Gasteiger partial charge in [-0.15, -0.1) is 0 Å². The van der Waals surface area contributed by atoms with Crippen molar-refractivity contribution in [3.8, 4) is 11.5 Å². The SMILES string of the molecule is COc1cccc([C@@H]2CC(=O)Nc3cc(C)c(C)cc32)c1OC. The molecule has 0 fully saturated rings. The zero-order valence-electron chi connectivity index (χ0n) is 13.9. The predicted molar refractivity (Wildman–Crippen MR) is 90.6 cm³/mol. The molecule has 1 heterocycles. The van der Waals surface area contributed by atoms with Gasteiger partial charge in [0.15, 0.2) is 11.5 Å². The zero-order chi connectivity index (χ0) is 16.6. The summed E-state index contributed by atoms with van der Waals surface area (Å²) in [7, 11) is 3.25. The van der Waals surface area contributed by atoms with Crippen molar-refractivity contribution < 1.29 is 14.3 Å². The topological polar surface area (TPSA) is 47.6 Å². The number of para-hydroxylation sites is 1. The Kier molecular flexibility index (Phi) is 3.99. The molecule has 0 unspecified atom stereocenters. The van der Waals surface area contributed by atoms with E-state index in [4.69, 9.17) is 9.47 Å². The number of nitrogens with one attached hydrogen (secondary N) is 1. The van der Waals surface area contributed by atoms with E-state index in [-0.39, 0.29) is 11.8 Å². The lowest BCUT2D eigenvalue weighted by molar-refractivity contribution is -0.116. The summed E-state index contributed by atoms with van der Waals surface area (Å²) in [5.74, 6) is 1.36. The monoisotopic (exact) mass is 311 g/mol. The van der Waals surface area contributed by atoms with E-state index in [1.165, 1.54) is 11.1 Å². The molecule has 0 saturated heterocycles. The van der Waals surface area contributed by atoms with Gasteiger partial charge in [0.05, 0.1) is 14.2 Å². The minimum absolute atomic E-state index is 0.0237. The van der Waals surface area contributed by atoms with Gasteiger partial charge in [0, 0.05) is 23.6 Å². The van der Waals surface area contributed by atoms with E-state index in [9.17, 15) is 4.79 Å². The summed E-state index contributed by atoms with van der Waals surface area (Å²) in [6.07, 6.45) is 0.402. The Hall–Kier alpha value is -2.49. The van der Waals surface area contributed by atoms with Crippen LogP contribution in [0.15, 0.2) is 30.3 Å². The number of aryl methyl sites for hydroxylation is 2. The standard InChI is InChI=1S/C19H21NO3/c1-11-8-15-14(10-18(21)20-16(15)9-12(11)2)13-6-5-7-17(22-3)19(13)23-4/h5-9,14H,10H2,1-4H3,(H,20,21)/t14-/m0/s1. The first-order valence-corrected chi connectivity index (χ1v) is 7.67. The molecule has 0 aromatic heterocycles. The van der Waals surface area contributed by atoms with Crippen molar-refractivity contribution in [1.29, 1.82) is 0 Å². The highest BCUT2D eigenvalue weighted by molar-refractivity contribution is 5.95. The maximum absolute atomic E-state index is 12.2. The van der Waals surface area contributed by atoms with E-state index in [1.807, 2.05) is 24.3 Å². The van der Waals surface area contributed by atoms with Crippen molar-refractivity contribution in [2.24, 2.45) is 0 Å². The average molecular weight is 311 g/mol. The molecule has 1 atom stereocenters. The predicted octanol–water partition coefficient (Wildman–Crippen LogP) is 3.79. The number of hydrogen-bond acceptors (Lipinski definition) is 3. The van der Waals surface area contributed by atoms with Crippen molar-refractivity contribution in [2.75, 3.05) is 19.5 Å². The normalized spacial score (nSPS) is 16.5. The number of rotatable bonds is 3. The van der Waals surface area contributed by atoms with E-state index < -0.39 is 0 Å². The lowest BCUT2D eigenvalue weighted by Crippen LogP contribution is -2.24. The largest absolute Gasteiger partial charge is 0.493 e. The van der Waals surface area contributed by atoms with Crippen molar-refractivity contribution >= 4 is 11.6 Å². The molecule has 2 aromatic carbocycles. The minimum atomic E-state index is -0.0388. The molecule has 4 nitrogen and oxygen atoms in total. The van der Waals surface area contributed by atoms with E-state index >= 15 is 0 Å². The van der Waals surface area contributed by atoms with Crippen LogP contribution in [-0.4, -0.2) is 20.1 Å². The maximum Gasteiger partial charge on any atom is 0.225 e. The van der Waals surface area contributed by atoms with Crippen LogP contribution in [0, 0.1) is 13.8 Å². The number of carbonyl (C=O) groups excluding carboxylic acids is 1. The van der Waals surface area contributed by atoms with Gasteiger partial charge in [-0.1, -0.05) is 18.2 Å². The van der Waals surface area contributed by atoms with Gasteiger partial charge in [-0.3, -0.25) is 4.79 Å². The van der Waals surface area contributed by atoms with Gasteiger partial charge in [0.25, 0.3) is 0 Å². The lowest BCUT2D eigenvalue weighted by Gasteiger charge is -2.28. The Morgan fingerprint density at radius 2 is 1.78 bits per heavy atom. The molecule has 3 rings (SSSR count). The first-order valence-electron chi connectivity index (χ1n) is 7.67. The second-order valence-electron chi connectivity index (χ2n) is 5.91. The zero-order valence-corrected chi connectivity index (χ0v) is 13.9. The van der Waals surface area contributed by atoms with Gasteiger partial charge in [0.2, 0.25) is 5.91 Å². The van der Waals surface area contributed by atoms with Crippen LogP contribution in [0.1, 0.15) is 34.6 Å². The number of amides is 1. The summed E-state index contributed by atoms with van der Waals surface area (Å²) in [4.78, 5) is 12.2. The molecule has 0 aliphatic carbocycles. The van der Waals surface area contributed by atoms with Crippen LogP contribution in [-0.2, 0) is 4.79 Å². The Bertz CT molecular complexity index is 767. The van der Waals surface area contributed by atoms with E-state index in [2.05, 4.69) is 25.2 Å². The van der Waals surface area contributed by atoms with Crippen LogP contribution in [0.4, 0.5) is 5.69 Å². The number of methoxy groups -OCH3 is 2. The van der Waals surface area contributed by atoms with Crippen molar-refractivity contribution in [3.05, 3.63) is 52.6 Å². The van der Waals surface area contributed by atoms with Gasteiger partial charge >= 0.3 is 0 Å². The summed E-state index contributed by atoms with van der Waals surface area (Å²) in [6.45, 7) is 4.14. The fourth-order valence-electron chi connectivity index (χ4n) is 3.20. The van der Waals surface area contributed by atoms with Gasteiger partial charge in [-0.25, -0.2) is 0 Å². The Labute approximate surface area is 136 Å². The highest BCUT2D eigenvalue weighted by Crippen LogP contribution is 2.44. The van der Waals surface area contributed by atoms with Crippen LogP contribution in [0.3, 0.4) is 0 Å². The molecule has 0 bridgehead atoms. The summed E-state index contributed by atoms with van der Waals surface area (Å²) >= 11 is 0. The molecule has 1 amide bonds.